The molecule has 10 nitrogen and oxygen atoms in total. The Morgan fingerprint density at radius 3 is 2.44 bits per heavy atom. The first-order valence-corrected chi connectivity index (χ1v) is 14.2. The van der Waals surface area contributed by atoms with Crippen LogP contribution in [0.2, 0.25) is 5.02 Å². The molecule has 4 rings (SSSR count). The number of alkyl halides is 3. The third-order valence-electron chi connectivity index (χ3n) is 7.37. The molecule has 1 amide bonds. The fourth-order valence-corrected chi connectivity index (χ4v) is 5.62. The quantitative estimate of drug-likeness (QED) is 0.359. The highest BCUT2D eigenvalue weighted by molar-refractivity contribution is 6.33. The number of benzene rings is 1. The number of ether oxygens (including phenoxy) is 2. The van der Waals surface area contributed by atoms with Gasteiger partial charge in [-0.25, -0.2) is 14.8 Å². The number of nitrogens with two attached hydrogens (primary N) is 1. The van der Waals surface area contributed by atoms with E-state index in [0.717, 1.165) is 6.42 Å². The summed E-state index contributed by atoms with van der Waals surface area (Å²) in [6.07, 6.45) is -4.81. The standard InChI is InChI=1S/C29H35ClF3N5O5/c1-5-6-19(40)10-42-20-7-8-22(30)21(9-20)25-35-24(23(17(3)34)18(4)39)16(2)26(36-25)37-11-28(12-37)13-38(14-28)27(41)43-15-29(31,32)33/h7-9,19,40H,5-6,10-15,34H2,1-4H3/t19-/m1/s1. The molecule has 1 spiro atoms. The Morgan fingerprint density at radius 1 is 1.19 bits per heavy atom. The third-order valence-corrected chi connectivity index (χ3v) is 7.70. The van der Waals surface area contributed by atoms with Gasteiger partial charge >= 0.3 is 12.3 Å². The number of aliphatic hydroxyl groups is 1. The molecule has 1 atom stereocenters. The first kappa shape index (κ1) is 32.3. The van der Waals surface area contributed by atoms with E-state index in [4.69, 9.17) is 32.0 Å². The molecule has 2 saturated heterocycles. The molecule has 3 N–H and O–H groups in total. The van der Waals surface area contributed by atoms with Gasteiger partial charge in [-0.3, -0.25) is 4.79 Å². The molecule has 0 bridgehead atoms. The number of allylic oxidation sites excluding steroid dienone is 2. The number of Topliss-reactive ketones (excluding diaryl/α,β-unsaturated/α-hetero) is 1. The Bertz CT molecular complexity index is 1420. The Hall–Kier alpha value is -3.58. The summed E-state index contributed by atoms with van der Waals surface area (Å²) >= 11 is 6.57. The van der Waals surface area contributed by atoms with E-state index >= 15 is 0 Å². The van der Waals surface area contributed by atoms with E-state index in [9.17, 15) is 27.9 Å². The van der Waals surface area contributed by atoms with Crippen molar-refractivity contribution >= 4 is 34.9 Å². The number of amides is 1. The fraction of sp³-hybridized carbons (Fsp3) is 0.517. The number of halogens is 4. The van der Waals surface area contributed by atoms with Gasteiger partial charge in [0.25, 0.3) is 0 Å². The van der Waals surface area contributed by atoms with Crippen LogP contribution in [0.3, 0.4) is 0 Å². The molecule has 0 radical (unpaired) electrons. The zero-order valence-corrected chi connectivity index (χ0v) is 25.2. The second-order valence-corrected chi connectivity index (χ2v) is 11.6. The highest BCUT2D eigenvalue weighted by atomic mass is 35.5. The van der Waals surface area contributed by atoms with Gasteiger partial charge in [0, 0.05) is 48.4 Å². The molecule has 2 aliphatic rings. The number of aromatic nitrogens is 2. The maximum absolute atomic E-state index is 12.6. The first-order chi connectivity index (χ1) is 20.1. The molecule has 0 aliphatic carbocycles. The molecule has 0 saturated carbocycles. The second kappa shape index (κ2) is 12.6. The van der Waals surface area contributed by atoms with Gasteiger partial charge in [-0.2, -0.15) is 13.2 Å². The lowest BCUT2D eigenvalue weighted by molar-refractivity contribution is -0.165. The minimum atomic E-state index is -4.59. The number of ketones is 1. The van der Waals surface area contributed by atoms with Gasteiger partial charge in [-0.1, -0.05) is 24.9 Å². The van der Waals surface area contributed by atoms with Crippen LogP contribution in [0.25, 0.3) is 17.0 Å². The van der Waals surface area contributed by atoms with Crippen molar-refractivity contribution in [2.75, 3.05) is 44.3 Å². The van der Waals surface area contributed by atoms with E-state index < -0.39 is 25.0 Å². The Morgan fingerprint density at radius 2 is 1.86 bits per heavy atom. The van der Waals surface area contributed by atoms with Gasteiger partial charge in [0.15, 0.2) is 18.2 Å². The number of nitrogens with zero attached hydrogens (tertiary/aromatic N) is 4. The number of rotatable bonds is 10. The van der Waals surface area contributed by atoms with Gasteiger partial charge in [-0.05, 0) is 45.4 Å². The van der Waals surface area contributed by atoms with Crippen LogP contribution in [0.1, 0.15) is 44.9 Å². The van der Waals surface area contributed by atoms with Crippen molar-refractivity contribution in [3.05, 3.63) is 40.2 Å². The smallest absolute Gasteiger partial charge is 0.422 e. The van der Waals surface area contributed by atoms with Crippen LogP contribution >= 0.6 is 11.6 Å². The molecule has 2 aromatic rings. The lowest BCUT2D eigenvalue weighted by Gasteiger charge is -2.60. The Kier molecular flexibility index (Phi) is 9.45. The summed E-state index contributed by atoms with van der Waals surface area (Å²) in [6.45, 7) is 6.67. The van der Waals surface area contributed by atoms with Crippen LogP contribution in [-0.4, -0.2) is 83.5 Å². The average molecular weight is 626 g/mol. The molecule has 1 aromatic heterocycles. The van der Waals surface area contributed by atoms with Crippen LogP contribution < -0.4 is 15.4 Å². The van der Waals surface area contributed by atoms with E-state index in [-0.39, 0.29) is 48.0 Å². The van der Waals surface area contributed by atoms with E-state index in [2.05, 4.69) is 4.74 Å². The molecule has 3 heterocycles. The second-order valence-electron chi connectivity index (χ2n) is 11.2. The van der Waals surface area contributed by atoms with Crippen LogP contribution in [-0.2, 0) is 9.53 Å². The Balaban J connectivity index is 1.62. The predicted octanol–water partition coefficient (Wildman–Crippen LogP) is 4.74. The zero-order valence-electron chi connectivity index (χ0n) is 24.4. The average Bonchev–Trinajstić information content (AvgIpc) is 2.86. The number of hydrogen-bond donors (Lipinski definition) is 2. The maximum Gasteiger partial charge on any atom is 0.422 e. The third kappa shape index (κ3) is 7.32. The summed E-state index contributed by atoms with van der Waals surface area (Å²) in [4.78, 5) is 37.4. The Labute approximate surface area is 252 Å². The molecule has 43 heavy (non-hydrogen) atoms. The van der Waals surface area contributed by atoms with Gasteiger partial charge in [0.05, 0.1) is 22.4 Å². The van der Waals surface area contributed by atoms with E-state index in [1.807, 2.05) is 11.8 Å². The van der Waals surface area contributed by atoms with Crippen LogP contribution in [0.15, 0.2) is 23.9 Å². The summed E-state index contributed by atoms with van der Waals surface area (Å²) in [5.74, 6) is 0.935. The summed E-state index contributed by atoms with van der Waals surface area (Å²) in [5, 5.41) is 10.4. The summed E-state index contributed by atoms with van der Waals surface area (Å²) in [5.41, 5.74) is 7.72. The summed E-state index contributed by atoms with van der Waals surface area (Å²) in [6, 6.07) is 4.97. The molecule has 0 unspecified atom stereocenters. The van der Waals surface area contributed by atoms with E-state index in [1.54, 1.807) is 32.0 Å². The largest absolute Gasteiger partial charge is 0.491 e. The molecule has 2 aliphatic heterocycles. The van der Waals surface area contributed by atoms with Gasteiger partial charge in [-0.15, -0.1) is 0 Å². The van der Waals surface area contributed by atoms with Crippen molar-refractivity contribution in [3.8, 4) is 17.1 Å². The van der Waals surface area contributed by atoms with Crippen molar-refractivity contribution in [1.29, 1.82) is 0 Å². The highest BCUT2D eigenvalue weighted by Crippen LogP contribution is 2.44. The fourth-order valence-electron chi connectivity index (χ4n) is 5.42. The van der Waals surface area contributed by atoms with Crippen molar-refractivity contribution < 1.29 is 37.3 Å². The minimum Gasteiger partial charge on any atom is -0.491 e. The monoisotopic (exact) mass is 625 g/mol. The van der Waals surface area contributed by atoms with Crippen LogP contribution in [0, 0.1) is 12.3 Å². The molecular weight excluding hydrogens is 591 g/mol. The number of hydrogen-bond acceptors (Lipinski definition) is 9. The predicted molar refractivity (Wildman–Crippen MR) is 155 cm³/mol. The van der Waals surface area contributed by atoms with Crippen molar-refractivity contribution in [2.45, 2.75) is 52.8 Å². The molecular formula is C29H35ClF3N5O5. The topological polar surface area (TPSA) is 131 Å². The lowest BCUT2D eigenvalue weighted by Crippen LogP contribution is -2.73. The first-order valence-electron chi connectivity index (χ1n) is 13.8. The van der Waals surface area contributed by atoms with E-state index in [0.29, 0.717) is 52.9 Å². The number of carbonyl (C=O) groups is 2. The number of aliphatic hydroxyl groups excluding tert-OH is 1. The maximum atomic E-state index is 12.6. The van der Waals surface area contributed by atoms with Crippen LogP contribution in [0.5, 0.6) is 5.75 Å². The van der Waals surface area contributed by atoms with Crippen LogP contribution in [0.4, 0.5) is 23.8 Å². The van der Waals surface area contributed by atoms with Gasteiger partial charge in [0.1, 0.15) is 18.2 Å². The lowest BCUT2D eigenvalue weighted by atomic mass is 9.73. The SMILES string of the molecule is CCC[C@@H](O)COc1ccc(Cl)c(-c2nc(C(C(C)=O)=C(C)N)c(C)c(N3CC4(CN(C(=O)OCC(F)(F)F)C4)C3)n2)c1. The van der Waals surface area contributed by atoms with E-state index in [1.165, 1.54) is 11.8 Å². The van der Waals surface area contributed by atoms with Gasteiger partial charge in [0.2, 0.25) is 0 Å². The number of likely N-dealkylation sites (tertiary alicyclic amines) is 1. The zero-order chi connectivity index (χ0) is 31.7. The van der Waals surface area contributed by atoms with Crippen molar-refractivity contribution in [1.82, 2.24) is 14.9 Å². The minimum absolute atomic E-state index is 0.0976. The number of carbonyl (C=O) groups excluding carboxylic acids is 2. The molecule has 14 heteroatoms. The van der Waals surface area contributed by atoms with Crippen molar-refractivity contribution in [2.24, 2.45) is 11.1 Å². The molecule has 234 valence electrons. The summed E-state index contributed by atoms with van der Waals surface area (Å²) < 4.78 is 47.4. The molecule has 1 aromatic carbocycles. The summed E-state index contributed by atoms with van der Waals surface area (Å²) in [7, 11) is 0. The van der Waals surface area contributed by atoms with Gasteiger partial charge < -0.3 is 30.1 Å². The van der Waals surface area contributed by atoms with Crippen molar-refractivity contribution in [3.63, 3.8) is 0 Å². The molecule has 2 fully saturated rings. The number of anilines is 1. The highest BCUT2D eigenvalue weighted by Gasteiger charge is 2.54. The normalized spacial score (nSPS) is 17.1.